The van der Waals surface area contributed by atoms with Gasteiger partial charge in [-0.15, -0.1) is 0 Å². The Bertz CT molecular complexity index is 560. The predicted molar refractivity (Wildman–Crippen MR) is 71.1 cm³/mol. The summed E-state index contributed by atoms with van der Waals surface area (Å²) in [4.78, 5) is 11.3. The third-order valence-corrected chi connectivity index (χ3v) is 2.89. The summed E-state index contributed by atoms with van der Waals surface area (Å²) in [5.41, 5.74) is 7.57. The van der Waals surface area contributed by atoms with E-state index in [-0.39, 0.29) is 5.75 Å². The summed E-state index contributed by atoms with van der Waals surface area (Å²) in [6.07, 6.45) is 2.27. The van der Waals surface area contributed by atoms with Crippen LogP contribution in [0.15, 0.2) is 42.6 Å². The molecule has 0 aliphatic carbocycles. The molecule has 1 aromatic carbocycles. The van der Waals surface area contributed by atoms with Crippen LogP contribution >= 0.6 is 0 Å². The van der Waals surface area contributed by atoms with Gasteiger partial charge in [-0.3, -0.25) is 4.79 Å². The molecule has 5 nitrogen and oxygen atoms in total. The van der Waals surface area contributed by atoms with Crippen molar-refractivity contribution in [2.75, 3.05) is 7.11 Å². The van der Waals surface area contributed by atoms with Gasteiger partial charge < -0.3 is 20.1 Å². The second-order valence-corrected chi connectivity index (χ2v) is 4.22. The van der Waals surface area contributed by atoms with Gasteiger partial charge in [-0.05, 0) is 36.4 Å². The highest BCUT2D eigenvalue weighted by Crippen LogP contribution is 2.17. The maximum atomic E-state index is 11.3. The molecule has 2 rings (SSSR count). The molecule has 0 spiro atoms. The predicted octanol–water partition coefficient (Wildman–Crippen LogP) is 1.23. The first-order valence-electron chi connectivity index (χ1n) is 5.91. The zero-order chi connectivity index (χ0) is 13.8. The molecule has 0 saturated carbocycles. The molecule has 0 amide bonds. The number of phenolic OH excluding ortho intramolecular Hbond substituents is 1. The minimum absolute atomic E-state index is 0.212. The van der Waals surface area contributed by atoms with Gasteiger partial charge in [0.05, 0.1) is 7.11 Å². The van der Waals surface area contributed by atoms with Crippen LogP contribution in [0.5, 0.6) is 5.75 Å². The van der Waals surface area contributed by atoms with Crippen molar-refractivity contribution in [3.63, 3.8) is 0 Å². The standard InChI is InChI=1S/C14H16N2O3/c1-19-14(18)13(15)9-11-3-2-8-16(11)10-4-6-12(17)7-5-10/h2-8,13,17H,9,15H2,1H3. The van der Waals surface area contributed by atoms with Crippen LogP contribution in [0.2, 0.25) is 0 Å². The van der Waals surface area contributed by atoms with E-state index in [2.05, 4.69) is 4.74 Å². The number of methoxy groups -OCH3 is 1. The number of carbonyl (C=O) groups is 1. The molecule has 0 bridgehead atoms. The lowest BCUT2D eigenvalue weighted by atomic mass is 10.1. The van der Waals surface area contributed by atoms with Crippen molar-refractivity contribution >= 4 is 5.97 Å². The Kier molecular flexibility index (Phi) is 3.87. The van der Waals surface area contributed by atoms with E-state index in [4.69, 9.17) is 5.73 Å². The number of aromatic nitrogens is 1. The van der Waals surface area contributed by atoms with Gasteiger partial charge >= 0.3 is 5.97 Å². The van der Waals surface area contributed by atoms with E-state index < -0.39 is 12.0 Å². The van der Waals surface area contributed by atoms with E-state index >= 15 is 0 Å². The highest BCUT2D eigenvalue weighted by Gasteiger charge is 2.16. The summed E-state index contributed by atoms with van der Waals surface area (Å²) in [6.45, 7) is 0. The molecule has 5 heteroatoms. The molecule has 0 saturated heterocycles. The number of nitrogens with zero attached hydrogens (tertiary/aromatic N) is 1. The van der Waals surface area contributed by atoms with E-state index in [0.717, 1.165) is 11.4 Å². The van der Waals surface area contributed by atoms with Gasteiger partial charge in [0.1, 0.15) is 11.8 Å². The van der Waals surface area contributed by atoms with E-state index in [1.54, 1.807) is 24.3 Å². The minimum atomic E-state index is -0.684. The molecule has 1 aromatic heterocycles. The topological polar surface area (TPSA) is 77.5 Å². The van der Waals surface area contributed by atoms with Crippen LogP contribution in [0, 0.1) is 0 Å². The molecule has 0 aliphatic rings. The third kappa shape index (κ3) is 2.95. The number of hydrogen-bond donors (Lipinski definition) is 2. The van der Waals surface area contributed by atoms with Crippen molar-refractivity contribution in [2.45, 2.75) is 12.5 Å². The second-order valence-electron chi connectivity index (χ2n) is 4.22. The molecule has 2 aromatic rings. The Labute approximate surface area is 111 Å². The lowest BCUT2D eigenvalue weighted by molar-refractivity contribution is -0.142. The number of aromatic hydroxyl groups is 1. The van der Waals surface area contributed by atoms with E-state index in [0.29, 0.717) is 6.42 Å². The normalized spacial score (nSPS) is 12.1. The largest absolute Gasteiger partial charge is 0.508 e. The number of esters is 1. The average Bonchev–Trinajstić information content (AvgIpc) is 2.86. The minimum Gasteiger partial charge on any atom is -0.508 e. The van der Waals surface area contributed by atoms with E-state index in [1.165, 1.54) is 7.11 Å². The summed E-state index contributed by atoms with van der Waals surface area (Å²) in [7, 11) is 1.32. The lowest BCUT2D eigenvalue weighted by Gasteiger charge is -2.12. The van der Waals surface area contributed by atoms with Crippen LogP contribution in [0.25, 0.3) is 5.69 Å². The van der Waals surface area contributed by atoms with Gasteiger partial charge in [0, 0.05) is 24.0 Å². The first kappa shape index (κ1) is 13.2. The van der Waals surface area contributed by atoms with Crippen molar-refractivity contribution in [3.05, 3.63) is 48.3 Å². The molecule has 3 N–H and O–H groups in total. The number of hydrogen-bond acceptors (Lipinski definition) is 4. The third-order valence-electron chi connectivity index (χ3n) is 2.89. The average molecular weight is 260 g/mol. The van der Waals surface area contributed by atoms with Crippen LogP contribution < -0.4 is 5.73 Å². The quantitative estimate of drug-likeness (QED) is 0.810. The number of nitrogens with two attached hydrogens (primary N) is 1. The summed E-state index contributed by atoms with van der Waals surface area (Å²) >= 11 is 0. The van der Waals surface area contributed by atoms with Crippen LogP contribution in [0.3, 0.4) is 0 Å². The number of carbonyl (C=O) groups excluding carboxylic acids is 1. The molecule has 1 heterocycles. The molecule has 1 atom stereocenters. The van der Waals surface area contributed by atoms with Gasteiger partial charge in [-0.1, -0.05) is 0 Å². The Morgan fingerprint density at radius 3 is 2.68 bits per heavy atom. The molecular weight excluding hydrogens is 244 g/mol. The zero-order valence-electron chi connectivity index (χ0n) is 10.6. The van der Waals surface area contributed by atoms with Crippen molar-refractivity contribution in [3.8, 4) is 11.4 Å². The lowest BCUT2D eigenvalue weighted by Crippen LogP contribution is -2.34. The van der Waals surface area contributed by atoms with Gasteiger partial charge in [0.25, 0.3) is 0 Å². The summed E-state index contributed by atoms with van der Waals surface area (Å²) < 4.78 is 6.53. The van der Waals surface area contributed by atoms with E-state index in [9.17, 15) is 9.90 Å². The Balaban J connectivity index is 2.22. The number of rotatable bonds is 4. The fourth-order valence-corrected chi connectivity index (χ4v) is 1.91. The monoisotopic (exact) mass is 260 g/mol. The van der Waals surface area contributed by atoms with Gasteiger partial charge in [-0.2, -0.15) is 0 Å². The Morgan fingerprint density at radius 2 is 2.05 bits per heavy atom. The van der Waals surface area contributed by atoms with Crippen molar-refractivity contribution in [1.82, 2.24) is 4.57 Å². The summed E-state index contributed by atoms with van der Waals surface area (Å²) in [5.74, 6) is -0.220. The van der Waals surface area contributed by atoms with Crippen LogP contribution in [-0.2, 0) is 16.0 Å². The highest BCUT2D eigenvalue weighted by atomic mass is 16.5. The molecule has 0 aliphatic heterocycles. The van der Waals surface area contributed by atoms with Gasteiger partial charge in [-0.25, -0.2) is 0 Å². The van der Waals surface area contributed by atoms with Crippen LogP contribution in [0.1, 0.15) is 5.69 Å². The molecular formula is C14H16N2O3. The number of ether oxygens (including phenoxy) is 1. The van der Waals surface area contributed by atoms with Gasteiger partial charge in [0.2, 0.25) is 0 Å². The fraction of sp³-hybridized carbons (Fsp3) is 0.214. The van der Waals surface area contributed by atoms with E-state index in [1.807, 2.05) is 22.9 Å². The van der Waals surface area contributed by atoms with Crippen molar-refractivity contribution < 1.29 is 14.6 Å². The smallest absolute Gasteiger partial charge is 0.323 e. The molecule has 0 radical (unpaired) electrons. The number of benzene rings is 1. The fourth-order valence-electron chi connectivity index (χ4n) is 1.91. The summed E-state index contributed by atoms with van der Waals surface area (Å²) in [5, 5.41) is 9.28. The first-order valence-corrected chi connectivity index (χ1v) is 5.91. The maximum absolute atomic E-state index is 11.3. The number of phenols is 1. The molecule has 1 unspecified atom stereocenters. The van der Waals surface area contributed by atoms with Gasteiger partial charge in [0.15, 0.2) is 0 Å². The molecule has 100 valence electrons. The van der Waals surface area contributed by atoms with Crippen molar-refractivity contribution in [2.24, 2.45) is 5.73 Å². The van der Waals surface area contributed by atoms with Crippen LogP contribution in [0.4, 0.5) is 0 Å². The Morgan fingerprint density at radius 1 is 1.37 bits per heavy atom. The Hall–Kier alpha value is -2.27. The zero-order valence-corrected chi connectivity index (χ0v) is 10.6. The second kappa shape index (κ2) is 5.58. The SMILES string of the molecule is COC(=O)C(N)Cc1cccn1-c1ccc(O)cc1. The first-order chi connectivity index (χ1) is 9.11. The summed E-state index contributed by atoms with van der Waals surface area (Å²) in [6, 6.07) is 9.90. The molecule has 0 fully saturated rings. The van der Waals surface area contributed by atoms with Crippen molar-refractivity contribution in [1.29, 1.82) is 0 Å². The molecule has 19 heavy (non-hydrogen) atoms. The van der Waals surface area contributed by atoms with Crippen LogP contribution in [-0.4, -0.2) is 28.8 Å². The highest BCUT2D eigenvalue weighted by molar-refractivity contribution is 5.75. The maximum Gasteiger partial charge on any atom is 0.323 e.